The van der Waals surface area contributed by atoms with Gasteiger partial charge in [-0.05, 0) is 48.9 Å². The zero-order valence-corrected chi connectivity index (χ0v) is 18.9. The molecule has 3 aromatic heterocycles. The first-order valence-corrected chi connectivity index (χ1v) is 11.9. The molecule has 1 saturated heterocycles. The van der Waals surface area contributed by atoms with E-state index in [1.54, 1.807) is 22.9 Å². The van der Waals surface area contributed by atoms with Crippen molar-refractivity contribution in [1.82, 2.24) is 24.3 Å². The number of nitrogens with one attached hydrogen (secondary N) is 1. The van der Waals surface area contributed by atoms with E-state index < -0.39 is 0 Å². The highest BCUT2D eigenvalue weighted by atomic mass is 19.1. The summed E-state index contributed by atoms with van der Waals surface area (Å²) in [6, 6.07) is 16.0. The van der Waals surface area contributed by atoms with Crippen molar-refractivity contribution in [3.63, 3.8) is 0 Å². The van der Waals surface area contributed by atoms with E-state index in [1.165, 1.54) is 29.9 Å². The number of nitrogens with zero attached hydrogens (tertiary/aromatic N) is 5. The van der Waals surface area contributed by atoms with E-state index in [0.29, 0.717) is 29.0 Å². The maximum Gasteiger partial charge on any atom is 0.180 e. The van der Waals surface area contributed by atoms with Gasteiger partial charge in [0.1, 0.15) is 23.0 Å². The third-order valence-corrected chi connectivity index (χ3v) is 6.98. The molecular weight excluding hydrogens is 427 g/mol. The molecule has 2 aliphatic rings. The van der Waals surface area contributed by atoms with Gasteiger partial charge in [-0.2, -0.15) is 0 Å². The van der Waals surface area contributed by atoms with E-state index in [0.717, 1.165) is 31.7 Å². The van der Waals surface area contributed by atoms with Crippen LogP contribution in [0.2, 0.25) is 0 Å². The highest BCUT2D eigenvalue weighted by Crippen LogP contribution is 2.52. The van der Waals surface area contributed by atoms with Gasteiger partial charge in [-0.25, -0.2) is 19.3 Å². The first-order chi connectivity index (χ1) is 16.7. The number of pyridine rings is 1. The average molecular weight is 455 g/mol. The van der Waals surface area contributed by atoms with E-state index in [-0.39, 0.29) is 11.9 Å². The molecule has 6 rings (SSSR count). The Balaban J connectivity index is 1.14. The molecule has 6 nitrogen and oxygen atoms in total. The molecule has 1 aliphatic heterocycles. The fraction of sp³-hybridized carbons (Fsp3) is 0.296. The molecule has 34 heavy (non-hydrogen) atoms. The Bertz CT molecular complexity index is 1330. The van der Waals surface area contributed by atoms with Crippen molar-refractivity contribution < 1.29 is 4.39 Å². The van der Waals surface area contributed by atoms with Gasteiger partial charge in [0.05, 0.1) is 6.20 Å². The topological polar surface area (TPSA) is 58.3 Å². The highest BCUT2D eigenvalue weighted by Gasteiger charge is 2.42. The molecule has 4 heterocycles. The number of likely N-dealkylation sites (tertiary alicyclic amines) is 1. The second-order valence-corrected chi connectivity index (χ2v) is 9.26. The number of benzene rings is 1. The van der Waals surface area contributed by atoms with Crippen LogP contribution in [0.25, 0.3) is 17.2 Å². The summed E-state index contributed by atoms with van der Waals surface area (Å²) in [6.45, 7) is 6.44. The van der Waals surface area contributed by atoms with Gasteiger partial charge in [0.25, 0.3) is 0 Å². The standard InChI is InChI=1S/C27H27FN6/c1-18(22-14-23(22)19-6-3-2-4-7-19)33-13-5-8-21(17-33)31-25-11-12-29-27(32-25)24-15-30-26-10-9-20(28)16-34(24)26/h2-4,6-7,9-12,15-16,21-23H,1,5,8,13-14,17H2,(H,29,31,32)/t21?,22?,23-/m0/s1. The second-order valence-electron chi connectivity index (χ2n) is 9.26. The highest BCUT2D eigenvalue weighted by molar-refractivity contribution is 5.58. The lowest BCUT2D eigenvalue weighted by atomic mass is 10.0. The van der Waals surface area contributed by atoms with Crippen molar-refractivity contribution in [3.8, 4) is 11.5 Å². The van der Waals surface area contributed by atoms with Gasteiger partial charge in [-0.3, -0.25) is 4.40 Å². The van der Waals surface area contributed by atoms with E-state index in [1.807, 2.05) is 6.07 Å². The number of rotatable bonds is 6. The number of anilines is 1. The van der Waals surface area contributed by atoms with Crippen molar-refractivity contribution in [1.29, 1.82) is 0 Å². The minimum absolute atomic E-state index is 0.279. The second kappa shape index (κ2) is 8.56. The van der Waals surface area contributed by atoms with Gasteiger partial charge in [0.2, 0.25) is 0 Å². The molecular formula is C27H27FN6. The van der Waals surface area contributed by atoms with Gasteiger partial charge in [0.15, 0.2) is 5.82 Å². The Morgan fingerprint density at radius 1 is 1.09 bits per heavy atom. The van der Waals surface area contributed by atoms with E-state index in [9.17, 15) is 4.39 Å². The van der Waals surface area contributed by atoms with Crippen LogP contribution in [0.15, 0.2) is 79.4 Å². The Labute approximate surface area is 198 Å². The van der Waals surface area contributed by atoms with Crippen LogP contribution in [0, 0.1) is 11.7 Å². The first-order valence-electron chi connectivity index (χ1n) is 11.9. The Hall–Kier alpha value is -3.74. The number of imidazole rings is 1. The molecule has 1 aliphatic carbocycles. The van der Waals surface area contributed by atoms with Crippen molar-refractivity contribution in [3.05, 3.63) is 90.8 Å². The number of piperidine rings is 1. The average Bonchev–Trinajstić information content (AvgIpc) is 3.57. The lowest BCUT2D eigenvalue weighted by molar-refractivity contribution is 0.257. The quantitative estimate of drug-likeness (QED) is 0.438. The third-order valence-electron chi connectivity index (χ3n) is 6.98. The lowest BCUT2D eigenvalue weighted by Crippen LogP contribution is -2.42. The Morgan fingerprint density at radius 3 is 2.85 bits per heavy atom. The van der Waals surface area contributed by atoms with Gasteiger partial charge in [-0.15, -0.1) is 0 Å². The number of halogens is 1. The Kier molecular flexibility index (Phi) is 5.24. The summed E-state index contributed by atoms with van der Waals surface area (Å²) in [7, 11) is 0. The van der Waals surface area contributed by atoms with Crippen molar-refractivity contribution >= 4 is 11.5 Å². The zero-order valence-electron chi connectivity index (χ0n) is 18.9. The maximum absolute atomic E-state index is 13.8. The molecule has 2 unspecified atom stereocenters. The summed E-state index contributed by atoms with van der Waals surface area (Å²) in [5.41, 5.74) is 4.00. The largest absolute Gasteiger partial charge is 0.373 e. The molecule has 4 aromatic rings. The number of aromatic nitrogens is 4. The number of hydrogen-bond donors (Lipinski definition) is 1. The molecule has 1 N–H and O–H groups in total. The molecule has 3 atom stereocenters. The summed E-state index contributed by atoms with van der Waals surface area (Å²) >= 11 is 0. The predicted molar refractivity (Wildman–Crippen MR) is 131 cm³/mol. The lowest BCUT2D eigenvalue weighted by Gasteiger charge is -2.36. The number of hydrogen-bond acceptors (Lipinski definition) is 5. The smallest absolute Gasteiger partial charge is 0.180 e. The molecule has 0 spiro atoms. The summed E-state index contributed by atoms with van der Waals surface area (Å²) < 4.78 is 15.4. The van der Waals surface area contributed by atoms with Crippen LogP contribution in [0.3, 0.4) is 0 Å². The molecule has 172 valence electrons. The summed E-state index contributed by atoms with van der Waals surface area (Å²) in [5, 5.41) is 3.59. The summed E-state index contributed by atoms with van der Waals surface area (Å²) in [6.07, 6.45) is 8.20. The van der Waals surface area contributed by atoms with Crippen LogP contribution >= 0.6 is 0 Å². The van der Waals surface area contributed by atoms with Gasteiger partial charge < -0.3 is 10.2 Å². The number of allylic oxidation sites excluding steroid dienone is 1. The van der Waals surface area contributed by atoms with Gasteiger partial charge in [0, 0.05) is 43.1 Å². The molecule has 0 bridgehead atoms. The van der Waals surface area contributed by atoms with Crippen LogP contribution < -0.4 is 5.32 Å². The fourth-order valence-corrected chi connectivity index (χ4v) is 5.11. The number of fused-ring (bicyclic) bond motifs is 1. The van der Waals surface area contributed by atoms with Gasteiger partial charge in [-0.1, -0.05) is 36.9 Å². The van der Waals surface area contributed by atoms with Crippen molar-refractivity contribution in [2.45, 2.75) is 31.2 Å². The van der Waals surface area contributed by atoms with E-state index >= 15 is 0 Å². The third kappa shape index (κ3) is 4.02. The Morgan fingerprint density at radius 2 is 1.97 bits per heavy atom. The normalized spacial score (nSPS) is 22.0. The van der Waals surface area contributed by atoms with Crippen LogP contribution in [-0.2, 0) is 0 Å². The van der Waals surface area contributed by atoms with Crippen LogP contribution in [0.1, 0.15) is 30.7 Å². The zero-order chi connectivity index (χ0) is 23.1. The molecule has 1 aromatic carbocycles. The van der Waals surface area contributed by atoms with Crippen molar-refractivity contribution in [2.24, 2.45) is 5.92 Å². The van der Waals surface area contributed by atoms with Crippen LogP contribution in [0.4, 0.5) is 10.2 Å². The minimum Gasteiger partial charge on any atom is -0.373 e. The SMILES string of the molecule is C=C(C1C[C@H]1c1ccccc1)N1CCCC(Nc2ccnc(-c3cnc4ccc(F)cn34)n2)C1. The van der Waals surface area contributed by atoms with Crippen LogP contribution in [0.5, 0.6) is 0 Å². The molecule has 7 heteroatoms. The van der Waals surface area contributed by atoms with Crippen molar-refractivity contribution in [2.75, 3.05) is 18.4 Å². The van der Waals surface area contributed by atoms with Crippen LogP contribution in [-0.4, -0.2) is 43.4 Å². The molecule has 0 radical (unpaired) electrons. The van der Waals surface area contributed by atoms with Gasteiger partial charge >= 0.3 is 0 Å². The predicted octanol–water partition coefficient (Wildman–Crippen LogP) is 5.12. The minimum atomic E-state index is -0.325. The molecule has 0 amide bonds. The van der Waals surface area contributed by atoms with E-state index in [2.05, 4.69) is 57.1 Å². The maximum atomic E-state index is 13.8. The fourth-order valence-electron chi connectivity index (χ4n) is 5.11. The molecule has 1 saturated carbocycles. The summed E-state index contributed by atoms with van der Waals surface area (Å²) in [5.74, 6) is 2.10. The monoisotopic (exact) mass is 454 g/mol. The first kappa shape index (κ1) is 20.8. The van der Waals surface area contributed by atoms with E-state index in [4.69, 9.17) is 4.98 Å². The summed E-state index contributed by atoms with van der Waals surface area (Å²) in [4.78, 5) is 15.9. The molecule has 2 fully saturated rings.